The van der Waals surface area contributed by atoms with Gasteiger partial charge < -0.3 is 5.32 Å². The zero-order chi connectivity index (χ0) is 16.5. The molecule has 0 unspecified atom stereocenters. The molecule has 0 radical (unpaired) electrons. The number of halogens is 1. The van der Waals surface area contributed by atoms with E-state index in [1.54, 1.807) is 29.3 Å². The molecule has 1 fully saturated rings. The van der Waals surface area contributed by atoms with Gasteiger partial charge in [-0.1, -0.05) is 29.8 Å². The molecular formula is C18H15ClN4O. The van der Waals surface area contributed by atoms with Crippen LogP contribution in [-0.2, 0) is 4.79 Å². The summed E-state index contributed by atoms with van der Waals surface area (Å²) in [5.41, 5.74) is 1.69. The van der Waals surface area contributed by atoms with E-state index < -0.39 is 0 Å². The second-order valence-electron chi connectivity index (χ2n) is 5.78. The first kappa shape index (κ1) is 14.9. The predicted molar refractivity (Wildman–Crippen MR) is 92.3 cm³/mol. The zero-order valence-electron chi connectivity index (χ0n) is 12.8. The fourth-order valence-electron chi connectivity index (χ4n) is 2.90. The highest BCUT2D eigenvalue weighted by Crippen LogP contribution is 2.50. The van der Waals surface area contributed by atoms with Crippen LogP contribution in [0.5, 0.6) is 0 Å². The van der Waals surface area contributed by atoms with Gasteiger partial charge in [0.2, 0.25) is 5.91 Å². The Morgan fingerprint density at radius 3 is 2.83 bits per heavy atom. The van der Waals surface area contributed by atoms with Gasteiger partial charge in [0.05, 0.1) is 5.69 Å². The molecule has 1 N–H and O–H groups in total. The lowest BCUT2D eigenvalue weighted by atomic mass is 10.1. The molecule has 2 aromatic heterocycles. The quantitative estimate of drug-likeness (QED) is 0.789. The number of nitrogens with one attached hydrogen (secondary N) is 1. The molecule has 24 heavy (non-hydrogen) atoms. The van der Waals surface area contributed by atoms with E-state index in [1.165, 1.54) is 0 Å². The highest BCUT2D eigenvalue weighted by Gasteiger charge is 2.44. The van der Waals surface area contributed by atoms with Gasteiger partial charge in [-0.25, -0.2) is 9.67 Å². The Bertz CT molecular complexity index is 878. The normalized spacial score (nSPS) is 19.0. The minimum absolute atomic E-state index is 0.0127. The molecule has 1 aliphatic carbocycles. The maximum absolute atomic E-state index is 12.6. The minimum Gasteiger partial charge on any atom is -0.323 e. The Balaban J connectivity index is 1.52. The molecule has 0 saturated heterocycles. The van der Waals surface area contributed by atoms with Gasteiger partial charge in [0.15, 0.2) is 5.82 Å². The van der Waals surface area contributed by atoms with E-state index in [2.05, 4.69) is 15.4 Å². The lowest BCUT2D eigenvalue weighted by Crippen LogP contribution is -2.17. The molecule has 1 aromatic carbocycles. The number of carbonyl (C=O) groups is 1. The highest BCUT2D eigenvalue weighted by molar-refractivity contribution is 6.31. The average molecular weight is 339 g/mol. The summed E-state index contributed by atoms with van der Waals surface area (Å²) in [5, 5.41) is 7.87. The Labute approximate surface area is 144 Å². The summed E-state index contributed by atoms with van der Waals surface area (Å²) in [5.74, 6) is 0.714. The van der Waals surface area contributed by atoms with Crippen molar-refractivity contribution in [2.45, 2.75) is 12.3 Å². The van der Waals surface area contributed by atoms with E-state index in [1.807, 2.05) is 36.4 Å². The number of hydrogen-bond acceptors (Lipinski definition) is 3. The first-order valence-electron chi connectivity index (χ1n) is 7.74. The van der Waals surface area contributed by atoms with Crippen LogP contribution < -0.4 is 5.32 Å². The van der Waals surface area contributed by atoms with Crippen LogP contribution >= 0.6 is 11.6 Å². The zero-order valence-corrected chi connectivity index (χ0v) is 13.5. The smallest absolute Gasteiger partial charge is 0.228 e. The summed E-state index contributed by atoms with van der Waals surface area (Å²) in [7, 11) is 0. The topological polar surface area (TPSA) is 59.8 Å². The molecule has 0 bridgehead atoms. The van der Waals surface area contributed by atoms with E-state index in [-0.39, 0.29) is 17.7 Å². The number of carbonyl (C=O) groups excluding carboxylic acids is 1. The van der Waals surface area contributed by atoms with Gasteiger partial charge in [0.25, 0.3) is 0 Å². The standard InChI is InChI=1S/C18H15ClN4O/c19-15-6-2-1-5-12(15)13-11-14(13)18(24)22-16-7-3-8-20-17(16)23-10-4-9-21-23/h1-10,13-14H,11H2,(H,22,24)/t13-,14+/m1/s1. The molecular weight excluding hydrogens is 324 g/mol. The first-order chi connectivity index (χ1) is 11.7. The van der Waals surface area contributed by atoms with Crippen LogP contribution in [0.4, 0.5) is 5.69 Å². The van der Waals surface area contributed by atoms with Crippen molar-refractivity contribution in [3.05, 3.63) is 71.6 Å². The third kappa shape index (κ3) is 2.78. The van der Waals surface area contributed by atoms with Gasteiger partial charge in [-0.3, -0.25) is 4.79 Å². The van der Waals surface area contributed by atoms with Gasteiger partial charge in [0.1, 0.15) is 0 Å². The molecule has 0 aliphatic heterocycles. The van der Waals surface area contributed by atoms with Crippen molar-refractivity contribution >= 4 is 23.2 Å². The summed E-state index contributed by atoms with van der Waals surface area (Å²) in [4.78, 5) is 16.9. The summed E-state index contributed by atoms with van der Waals surface area (Å²) in [6, 6.07) is 13.1. The van der Waals surface area contributed by atoms with E-state index in [0.717, 1.165) is 17.0 Å². The van der Waals surface area contributed by atoms with Crippen molar-refractivity contribution in [1.82, 2.24) is 14.8 Å². The van der Waals surface area contributed by atoms with Crippen LogP contribution in [0, 0.1) is 5.92 Å². The Morgan fingerprint density at radius 1 is 1.17 bits per heavy atom. The maximum atomic E-state index is 12.6. The van der Waals surface area contributed by atoms with Crippen LogP contribution in [0.2, 0.25) is 5.02 Å². The summed E-state index contributed by atoms with van der Waals surface area (Å²) in [6.07, 6.45) is 5.96. The van der Waals surface area contributed by atoms with Crippen molar-refractivity contribution < 1.29 is 4.79 Å². The fraction of sp³-hybridized carbons (Fsp3) is 0.167. The molecule has 1 saturated carbocycles. The molecule has 4 rings (SSSR count). The minimum atomic E-state index is -0.0597. The lowest BCUT2D eigenvalue weighted by molar-refractivity contribution is -0.117. The van der Waals surface area contributed by atoms with Gasteiger partial charge in [-0.05, 0) is 42.2 Å². The third-order valence-electron chi connectivity index (χ3n) is 4.20. The van der Waals surface area contributed by atoms with Gasteiger partial charge >= 0.3 is 0 Å². The van der Waals surface area contributed by atoms with E-state index >= 15 is 0 Å². The van der Waals surface area contributed by atoms with Crippen molar-refractivity contribution in [3.63, 3.8) is 0 Å². The Morgan fingerprint density at radius 2 is 2.04 bits per heavy atom. The summed E-state index contributed by atoms with van der Waals surface area (Å²) >= 11 is 6.23. The van der Waals surface area contributed by atoms with Crippen molar-refractivity contribution in [2.75, 3.05) is 5.32 Å². The van der Waals surface area contributed by atoms with E-state index in [0.29, 0.717) is 11.5 Å². The largest absolute Gasteiger partial charge is 0.323 e. The third-order valence-corrected chi connectivity index (χ3v) is 4.54. The molecule has 1 aliphatic rings. The van der Waals surface area contributed by atoms with Gasteiger partial charge in [-0.15, -0.1) is 0 Å². The van der Waals surface area contributed by atoms with Crippen LogP contribution in [0.25, 0.3) is 5.82 Å². The second-order valence-corrected chi connectivity index (χ2v) is 6.19. The number of benzene rings is 1. The number of aromatic nitrogens is 3. The Hall–Kier alpha value is -2.66. The molecule has 5 nitrogen and oxygen atoms in total. The fourth-order valence-corrected chi connectivity index (χ4v) is 3.18. The highest BCUT2D eigenvalue weighted by atomic mass is 35.5. The number of amides is 1. The molecule has 120 valence electrons. The van der Waals surface area contributed by atoms with Crippen LogP contribution in [0.1, 0.15) is 17.9 Å². The van der Waals surface area contributed by atoms with Crippen LogP contribution in [0.3, 0.4) is 0 Å². The van der Waals surface area contributed by atoms with Gasteiger partial charge in [-0.2, -0.15) is 5.10 Å². The monoisotopic (exact) mass is 338 g/mol. The first-order valence-corrected chi connectivity index (χ1v) is 8.12. The van der Waals surface area contributed by atoms with E-state index in [9.17, 15) is 4.79 Å². The number of rotatable bonds is 4. The lowest BCUT2D eigenvalue weighted by Gasteiger charge is -2.10. The SMILES string of the molecule is O=C(Nc1cccnc1-n1cccn1)[C@H]1C[C@@H]1c1ccccc1Cl. The van der Waals surface area contributed by atoms with Crippen LogP contribution in [-0.4, -0.2) is 20.7 Å². The Kier molecular flexibility index (Phi) is 3.78. The van der Waals surface area contributed by atoms with Crippen molar-refractivity contribution in [2.24, 2.45) is 5.92 Å². The van der Waals surface area contributed by atoms with Crippen molar-refractivity contribution in [1.29, 1.82) is 0 Å². The number of nitrogens with zero attached hydrogens (tertiary/aromatic N) is 3. The number of pyridine rings is 1. The predicted octanol–water partition coefficient (Wildman–Crippen LogP) is 3.66. The number of hydrogen-bond donors (Lipinski definition) is 1. The summed E-state index contributed by atoms with van der Waals surface area (Å²) < 4.78 is 1.63. The van der Waals surface area contributed by atoms with Crippen LogP contribution in [0.15, 0.2) is 61.1 Å². The molecule has 1 amide bonds. The average Bonchev–Trinajstić information content (AvgIpc) is 3.20. The van der Waals surface area contributed by atoms with Crippen molar-refractivity contribution in [3.8, 4) is 5.82 Å². The molecule has 0 spiro atoms. The molecule has 2 atom stereocenters. The molecule has 6 heteroatoms. The van der Waals surface area contributed by atoms with Gasteiger partial charge in [0, 0.05) is 29.5 Å². The van der Waals surface area contributed by atoms with E-state index in [4.69, 9.17) is 11.6 Å². The maximum Gasteiger partial charge on any atom is 0.228 e. The number of anilines is 1. The summed E-state index contributed by atoms with van der Waals surface area (Å²) in [6.45, 7) is 0. The second kappa shape index (κ2) is 6.09. The molecule has 3 aromatic rings. The molecule has 2 heterocycles.